The lowest BCUT2D eigenvalue weighted by Crippen LogP contribution is -2.37. The molecule has 1 atom stereocenters. The number of piperidine rings is 1. The topological polar surface area (TPSA) is 78.7 Å². The van der Waals surface area contributed by atoms with Gasteiger partial charge in [-0.15, -0.1) is 11.3 Å². The highest BCUT2D eigenvalue weighted by molar-refractivity contribution is 7.13. The molecule has 0 spiro atoms. The van der Waals surface area contributed by atoms with Crippen molar-refractivity contribution in [3.63, 3.8) is 0 Å². The predicted molar refractivity (Wildman–Crippen MR) is 109 cm³/mol. The van der Waals surface area contributed by atoms with E-state index in [1.165, 1.54) is 19.3 Å². The highest BCUT2D eigenvalue weighted by atomic mass is 32.1. The number of fused-ring (bicyclic) bond motifs is 1. The molecule has 9 heteroatoms. The Balaban J connectivity index is 1.23. The molecule has 5 rings (SSSR count). The standard InChI is InChI=1S/C19H23N7OS/c27-18(15-13-28-19(23-15)25-7-2-1-3-8-25)22-14-4-9-26(12-14)17-16-20-5-10-24(16)11-6-21-17/h5-6,10-11,13-14H,1-4,7-9,12H2,(H,22,27)/t14-/m0/s1. The molecule has 1 N–H and O–H groups in total. The second-order valence-electron chi connectivity index (χ2n) is 7.38. The number of rotatable bonds is 4. The zero-order valence-corrected chi connectivity index (χ0v) is 16.4. The van der Waals surface area contributed by atoms with Gasteiger partial charge in [-0.3, -0.25) is 4.79 Å². The van der Waals surface area contributed by atoms with Crippen molar-refractivity contribution in [3.05, 3.63) is 35.9 Å². The van der Waals surface area contributed by atoms with Gasteiger partial charge < -0.3 is 19.5 Å². The first-order valence-electron chi connectivity index (χ1n) is 9.82. The van der Waals surface area contributed by atoms with E-state index < -0.39 is 0 Å². The Hall–Kier alpha value is -2.68. The summed E-state index contributed by atoms with van der Waals surface area (Å²) in [6.45, 7) is 3.66. The summed E-state index contributed by atoms with van der Waals surface area (Å²) >= 11 is 1.56. The molecule has 146 valence electrons. The van der Waals surface area contributed by atoms with E-state index >= 15 is 0 Å². The zero-order valence-electron chi connectivity index (χ0n) is 15.6. The molecule has 28 heavy (non-hydrogen) atoms. The first-order valence-corrected chi connectivity index (χ1v) is 10.7. The summed E-state index contributed by atoms with van der Waals surface area (Å²) in [4.78, 5) is 30.6. The summed E-state index contributed by atoms with van der Waals surface area (Å²) in [5, 5.41) is 5.98. The molecule has 8 nitrogen and oxygen atoms in total. The molecule has 0 radical (unpaired) electrons. The lowest BCUT2D eigenvalue weighted by Gasteiger charge is -2.25. The summed E-state index contributed by atoms with van der Waals surface area (Å²) in [6, 6.07) is 0.0876. The smallest absolute Gasteiger partial charge is 0.271 e. The average molecular weight is 398 g/mol. The fourth-order valence-corrected chi connectivity index (χ4v) is 4.85. The SMILES string of the molecule is O=C(N[C@H]1CCN(c2nccn3ccnc23)C1)c1csc(N2CCCCC2)n1. The van der Waals surface area contributed by atoms with Gasteiger partial charge in [-0.25, -0.2) is 15.0 Å². The number of nitrogens with zero attached hydrogens (tertiary/aromatic N) is 6. The van der Waals surface area contributed by atoms with Gasteiger partial charge >= 0.3 is 0 Å². The predicted octanol–water partition coefficient (Wildman–Crippen LogP) is 2.18. The molecule has 5 heterocycles. The van der Waals surface area contributed by atoms with E-state index in [1.54, 1.807) is 23.7 Å². The zero-order chi connectivity index (χ0) is 18.9. The monoisotopic (exact) mass is 397 g/mol. The molecule has 0 unspecified atom stereocenters. The molecule has 2 aliphatic rings. The Morgan fingerprint density at radius 2 is 1.89 bits per heavy atom. The Bertz CT molecular complexity index is 977. The first kappa shape index (κ1) is 17.4. The van der Waals surface area contributed by atoms with Crippen LogP contribution in [0.1, 0.15) is 36.2 Å². The Morgan fingerprint density at radius 3 is 2.75 bits per heavy atom. The van der Waals surface area contributed by atoms with Gasteiger partial charge in [0.05, 0.1) is 0 Å². The summed E-state index contributed by atoms with van der Waals surface area (Å²) in [7, 11) is 0. The summed E-state index contributed by atoms with van der Waals surface area (Å²) < 4.78 is 1.96. The second kappa shape index (κ2) is 7.38. The number of imidazole rings is 1. The van der Waals surface area contributed by atoms with E-state index in [1.807, 2.05) is 22.2 Å². The number of nitrogens with one attached hydrogen (secondary N) is 1. The maximum atomic E-state index is 12.7. The fourth-order valence-electron chi connectivity index (χ4n) is 3.99. The van der Waals surface area contributed by atoms with Gasteiger partial charge in [-0.1, -0.05) is 0 Å². The van der Waals surface area contributed by atoms with Crippen LogP contribution in [0.25, 0.3) is 5.65 Å². The maximum Gasteiger partial charge on any atom is 0.271 e. The van der Waals surface area contributed by atoms with Gasteiger partial charge in [0.25, 0.3) is 5.91 Å². The highest BCUT2D eigenvalue weighted by Crippen LogP contribution is 2.25. The van der Waals surface area contributed by atoms with E-state index in [-0.39, 0.29) is 11.9 Å². The van der Waals surface area contributed by atoms with E-state index in [0.717, 1.165) is 49.2 Å². The molecular weight excluding hydrogens is 374 g/mol. The van der Waals surface area contributed by atoms with E-state index in [4.69, 9.17) is 0 Å². The van der Waals surface area contributed by atoms with E-state index in [2.05, 4.69) is 30.1 Å². The number of anilines is 2. The van der Waals surface area contributed by atoms with Gasteiger partial charge in [0.2, 0.25) is 0 Å². The van der Waals surface area contributed by atoms with Crippen LogP contribution in [0.2, 0.25) is 0 Å². The minimum atomic E-state index is -0.0849. The number of amides is 1. The van der Waals surface area contributed by atoms with Crippen molar-refractivity contribution < 1.29 is 4.79 Å². The van der Waals surface area contributed by atoms with Gasteiger partial charge in [0.1, 0.15) is 5.69 Å². The lowest BCUT2D eigenvalue weighted by atomic mass is 10.1. The molecule has 0 aliphatic carbocycles. The van der Waals surface area contributed by atoms with Crippen LogP contribution in [-0.2, 0) is 0 Å². The van der Waals surface area contributed by atoms with Gasteiger partial charge in [0, 0.05) is 62.4 Å². The lowest BCUT2D eigenvalue weighted by molar-refractivity contribution is 0.0936. The largest absolute Gasteiger partial charge is 0.351 e. The highest BCUT2D eigenvalue weighted by Gasteiger charge is 2.27. The van der Waals surface area contributed by atoms with Crippen molar-refractivity contribution in [2.24, 2.45) is 0 Å². The molecule has 2 aliphatic heterocycles. The fraction of sp³-hybridized carbons (Fsp3) is 0.474. The third-order valence-electron chi connectivity index (χ3n) is 5.47. The number of hydrogen-bond acceptors (Lipinski definition) is 7. The minimum absolute atomic E-state index is 0.0849. The van der Waals surface area contributed by atoms with E-state index in [0.29, 0.717) is 5.69 Å². The second-order valence-corrected chi connectivity index (χ2v) is 8.21. The Morgan fingerprint density at radius 1 is 1.07 bits per heavy atom. The van der Waals surface area contributed by atoms with Crippen molar-refractivity contribution in [1.29, 1.82) is 0 Å². The molecule has 2 fully saturated rings. The van der Waals surface area contributed by atoms with Crippen LogP contribution in [0.15, 0.2) is 30.2 Å². The molecule has 2 saturated heterocycles. The van der Waals surface area contributed by atoms with Crippen LogP contribution in [0.4, 0.5) is 10.9 Å². The van der Waals surface area contributed by atoms with E-state index in [9.17, 15) is 4.79 Å². The van der Waals surface area contributed by atoms with Gasteiger partial charge in [-0.05, 0) is 25.7 Å². The third kappa shape index (κ3) is 3.30. The van der Waals surface area contributed by atoms with Crippen LogP contribution in [0.5, 0.6) is 0 Å². The molecule has 0 bridgehead atoms. The average Bonchev–Trinajstić information content (AvgIpc) is 3.48. The molecule has 3 aromatic heterocycles. The van der Waals surface area contributed by atoms with Crippen molar-refractivity contribution >= 4 is 33.8 Å². The number of carbonyl (C=O) groups excluding carboxylic acids is 1. The molecule has 1 amide bonds. The molecule has 3 aromatic rings. The molecular formula is C19H23N7OS. The maximum absolute atomic E-state index is 12.7. The van der Waals surface area contributed by atoms with Crippen molar-refractivity contribution in [2.75, 3.05) is 36.0 Å². The van der Waals surface area contributed by atoms with Crippen LogP contribution >= 0.6 is 11.3 Å². The molecule has 0 saturated carbocycles. The molecule has 0 aromatic carbocycles. The number of thiazole rings is 1. The van der Waals surface area contributed by atoms with Crippen molar-refractivity contribution in [2.45, 2.75) is 31.7 Å². The van der Waals surface area contributed by atoms with Gasteiger partial charge in [-0.2, -0.15) is 0 Å². The first-order chi connectivity index (χ1) is 13.8. The van der Waals surface area contributed by atoms with Crippen LogP contribution in [-0.4, -0.2) is 57.5 Å². The number of hydrogen-bond donors (Lipinski definition) is 1. The quantitative estimate of drug-likeness (QED) is 0.727. The normalized spacial score (nSPS) is 20.1. The minimum Gasteiger partial charge on any atom is -0.351 e. The number of carbonyl (C=O) groups is 1. The van der Waals surface area contributed by atoms with Crippen LogP contribution in [0.3, 0.4) is 0 Å². The number of aromatic nitrogens is 4. The van der Waals surface area contributed by atoms with Crippen molar-refractivity contribution in [3.8, 4) is 0 Å². The van der Waals surface area contributed by atoms with Crippen LogP contribution in [0, 0.1) is 0 Å². The van der Waals surface area contributed by atoms with Crippen molar-refractivity contribution in [1.82, 2.24) is 24.7 Å². The van der Waals surface area contributed by atoms with Crippen LogP contribution < -0.4 is 15.1 Å². The summed E-state index contributed by atoms with van der Waals surface area (Å²) in [5.41, 5.74) is 1.37. The van der Waals surface area contributed by atoms with Gasteiger partial charge in [0.15, 0.2) is 16.6 Å². The third-order valence-corrected chi connectivity index (χ3v) is 6.37. The Kier molecular flexibility index (Phi) is 4.59. The summed E-state index contributed by atoms with van der Waals surface area (Å²) in [6.07, 6.45) is 12.0. The Labute approximate surface area is 167 Å². The summed E-state index contributed by atoms with van der Waals surface area (Å²) in [5.74, 6) is 0.781.